The minimum absolute atomic E-state index is 0.166. The number of aromatic nitrogens is 3. The zero-order valence-corrected chi connectivity index (χ0v) is 18.0. The molecular weight excluding hydrogens is 425 g/mol. The van der Waals surface area contributed by atoms with Crippen LogP contribution in [0.4, 0.5) is 4.39 Å². The van der Waals surface area contributed by atoms with E-state index in [1.807, 2.05) is 11.1 Å². The van der Waals surface area contributed by atoms with Crippen molar-refractivity contribution < 1.29 is 23.0 Å². The molecule has 0 radical (unpaired) electrons. The fourth-order valence-corrected chi connectivity index (χ4v) is 5.51. The van der Waals surface area contributed by atoms with E-state index in [1.165, 1.54) is 12.1 Å². The molecule has 170 valence electrons. The predicted molar refractivity (Wildman–Crippen MR) is 111 cm³/mol. The quantitative estimate of drug-likeness (QED) is 0.516. The second-order valence-electron chi connectivity index (χ2n) is 8.45. The molecule has 2 fully saturated rings. The molecule has 1 aliphatic carbocycles. The van der Waals surface area contributed by atoms with Crippen LogP contribution in [0, 0.1) is 11.7 Å². The standard InChI is InChI=1S/C20H28FN5O4S/c21-16-3-1-14(2-4-16)10-22-18-9-15(19(27)20(18)28)11-26-13-17(23-24-26)12-25-5-7-31(29,30)8-6-25/h1-4,13,15,18-20,22,27-28H,5-12H2/t15-,18-,19-,20+/m1/s1. The Morgan fingerprint density at radius 2 is 1.84 bits per heavy atom. The van der Waals surface area contributed by atoms with Gasteiger partial charge in [-0.05, 0) is 24.1 Å². The molecule has 4 atom stereocenters. The lowest BCUT2D eigenvalue weighted by molar-refractivity contribution is 0.00722. The van der Waals surface area contributed by atoms with Crippen molar-refractivity contribution in [3.8, 4) is 0 Å². The van der Waals surface area contributed by atoms with E-state index in [9.17, 15) is 23.0 Å². The molecular formula is C20H28FN5O4S. The SMILES string of the molecule is O=S1(=O)CCN(Cc2cn(C[C@H]3C[C@@H](NCc4ccc(F)cc4)[C@H](O)[C@@H]3O)nn2)CC1. The van der Waals surface area contributed by atoms with Crippen LogP contribution in [-0.2, 0) is 29.5 Å². The number of benzene rings is 1. The molecule has 0 amide bonds. The van der Waals surface area contributed by atoms with Gasteiger partial charge in [0.05, 0.1) is 29.4 Å². The van der Waals surface area contributed by atoms with E-state index >= 15 is 0 Å². The number of aliphatic hydroxyl groups excluding tert-OH is 2. The van der Waals surface area contributed by atoms with Crippen LogP contribution >= 0.6 is 0 Å². The van der Waals surface area contributed by atoms with Crippen LogP contribution in [0.5, 0.6) is 0 Å². The summed E-state index contributed by atoms with van der Waals surface area (Å²) in [6.07, 6.45) is 0.596. The highest BCUT2D eigenvalue weighted by Gasteiger charge is 2.41. The van der Waals surface area contributed by atoms with E-state index in [-0.39, 0.29) is 29.3 Å². The van der Waals surface area contributed by atoms with Gasteiger partial charge in [0.2, 0.25) is 0 Å². The molecule has 1 saturated carbocycles. The number of aliphatic hydroxyl groups is 2. The number of sulfone groups is 1. The molecule has 2 aliphatic rings. The van der Waals surface area contributed by atoms with Crippen molar-refractivity contribution in [1.82, 2.24) is 25.2 Å². The number of nitrogens with one attached hydrogen (secondary N) is 1. The summed E-state index contributed by atoms with van der Waals surface area (Å²) < 4.78 is 37.8. The second-order valence-corrected chi connectivity index (χ2v) is 10.8. The summed E-state index contributed by atoms with van der Waals surface area (Å²) in [4.78, 5) is 2.04. The maximum absolute atomic E-state index is 13.0. The zero-order chi connectivity index (χ0) is 22.0. The van der Waals surface area contributed by atoms with Gasteiger partial charge in [0.25, 0.3) is 0 Å². The molecule has 1 aliphatic heterocycles. The van der Waals surface area contributed by atoms with Crippen molar-refractivity contribution in [3.05, 3.63) is 47.5 Å². The molecule has 2 aromatic rings. The summed E-state index contributed by atoms with van der Waals surface area (Å²) in [6, 6.07) is 5.89. The molecule has 9 nitrogen and oxygen atoms in total. The summed E-state index contributed by atoms with van der Waals surface area (Å²) in [5.74, 6) is -0.146. The van der Waals surface area contributed by atoms with Crippen LogP contribution in [0.1, 0.15) is 17.7 Å². The van der Waals surface area contributed by atoms with Crippen molar-refractivity contribution in [2.75, 3.05) is 24.6 Å². The largest absolute Gasteiger partial charge is 0.390 e. The van der Waals surface area contributed by atoms with E-state index in [2.05, 4.69) is 15.6 Å². The molecule has 1 aromatic heterocycles. The van der Waals surface area contributed by atoms with Crippen LogP contribution < -0.4 is 5.32 Å². The summed E-state index contributed by atoms with van der Waals surface area (Å²) >= 11 is 0. The molecule has 31 heavy (non-hydrogen) atoms. The molecule has 0 spiro atoms. The first-order valence-electron chi connectivity index (χ1n) is 10.4. The van der Waals surface area contributed by atoms with Crippen molar-refractivity contribution in [3.63, 3.8) is 0 Å². The Morgan fingerprint density at radius 3 is 2.55 bits per heavy atom. The fourth-order valence-electron chi connectivity index (χ4n) is 4.24. The van der Waals surface area contributed by atoms with Crippen LogP contribution in [0.3, 0.4) is 0 Å². The Labute approximate surface area is 180 Å². The smallest absolute Gasteiger partial charge is 0.152 e. The van der Waals surface area contributed by atoms with Crippen LogP contribution in [0.2, 0.25) is 0 Å². The topological polar surface area (TPSA) is 121 Å². The third-order valence-corrected chi connectivity index (χ3v) is 7.72. The Balaban J connectivity index is 1.28. The first kappa shape index (κ1) is 22.3. The van der Waals surface area contributed by atoms with Gasteiger partial charge in [0.15, 0.2) is 9.84 Å². The van der Waals surface area contributed by atoms with Crippen molar-refractivity contribution in [2.24, 2.45) is 5.92 Å². The molecule has 2 heterocycles. The van der Waals surface area contributed by atoms with Crippen molar-refractivity contribution >= 4 is 9.84 Å². The molecule has 4 rings (SSSR count). The predicted octanol–water partition coefficient (Wildman–Crippen LogP) is -0.452. The summed E-state index contributed by atoms with van der Waals surface area (Å²) in [5.41, 5.74) is 1.65. The summed E-state index contributed by atoms with van der Waals surface area (Å²) in [5, 5.41) is 32.4. The van der Waals surface area contributed by atoms with Gasteiger partial charge in [-0.2, -0.15) is 0 Å². The van der Waals surface area contributed by atoms with E-state index in [0.717, 1.165) is 11.3 Å². The summed E-state index contributed by atoms with van der Waals surface area (Å²) in [7, 11) is -2.92. The van der Waals surface area contributed by atoms with E-state index in [0.29, 0.717) is 39.1 Å². The molecule has 0 bridgehead atoms. The first-order chi connectivity index (χ1) is 14.8. The molecule has 11 heteroatoms. The average molecular weight is 454 g/mol. The lowest BCUT2D eigenvalue weighted by Gasteiger charge is -2.25. The van der Waals surface area contributed by atoms with Gasteiger partial charge in [0.1, 0.15) is 5.82 Å². The van der Waals surface area contributed by atoms with E-state index in [4.69, 9.17) is 0 Å². The maximum Gasteiger partial charge on any atom is 0.152 e. The second kappa shape index (κ2) is 9.29. The van der Waals surface area contributed by atoms with E-state index < -0.39 is 22.0 Å². The third-order valence-electron chi connectivity index (χ3n) is 6.11. The molecule has 3 N–H and O–H groups in total. The van der Waals surface area contributed by atoms with Gasteiger partial charge in [-0.3, -0.25) is 9.58 Å². The molecule has 1 saturated heterocycles. The number of nitrogens with zero attached hydrogens (tertiary/aromatic N) is 4. The highest BCUT2D eigenvalue weighted by atomic mass is 32.2. The number of halogens is 1. The third kappa shape index (κ3) is 5.66. The number of rotatable bonds is 7. The van der Waals surface area contributed by atoms with Gasteiger partial charge >= 0.3 is 0 Å². The van der Waals surface area contributed by atoms with Crippen molar-refractivity contribution in [2.45, 2.75) is 44.3 Å². The first-order valence-corrected chi connectivity index (χ1v) is 12.3. The minimum atomic E-state index is -2.92. The molecule has 0 unspecified atom stereocenters. The van der Waals surface area contributed by atoms with Crippen molar-refractivity contribution in [1.29, 1.82) is 0 Å². The Hall–Kier alpha value is -1.92. The Kier molecular flexibility index (Phi) is 6.68. The van der Waals surface area contributed by atoms with Crippen LogP contribution in [0.25, 0.3) is 0 Å². The van der Waals surface area contributed by atoms with Gasteiger partial charge < -0.3 is 15.5 Å². The lowest BCUT2D eigenvalue weighted by atomic mass is 10.1. The van der Waals surface area contributed by atoms with Gasteiger partial charge in [-0.1, -0.05) is 17.3 Å². The number of hydrogen-bond donors (Lipinski definition) is 3. The van der Waals surface area contributed by atoms with Gasteiger partial charge in [-0.25, -0.2) is 12.8 Å². The van der Waals surface area contributed by atoms with Gasteiger partial charge in [-0.15, -0.1) is 5.10 Å². The normalized spacial score (nSPS) is 28.7. The lowest BCUT2D eigenvalue weighted by Crippen LogP contribution is -2.39. The summed E-state index contributed by atoms with van der Waals surface area (Å²) in [6.45, 7) is 2.41. The van der Waals surface area contributed by atoms with Gasteiger partial charge in [0, 0.05) is 50.9 Å². The van der Waals surface area contributed by atoms with Crippen LogP contribution in [-0.4, -0.2) is 81.4 Å². The highest BCUT2D eigenvalue weighted by molar-refractivity contribution is 7.91. The molecule has 1 aromatic carbocycles. The Morgan fingerprint density at radius 1 is 1.13 bits per heavy atom. The monoisotopic (exact) mass is 453 g/mol. The van der Waals surface area contributed by atoms with E-state index in [1.54, 1.807) is 16.8 Å². The minimum Gasteiger partial charge on any atom is -0.390 e. The Bertz CT molecular complexity index is 970. The fraction of sp³-hybridized carbons (Fsp3) is 0.600. The maximum atomic E-state index is 13.0. The highest BCUT2D eigenvalue weighted by Crippen LogP contribution is 2.28. The zero-order valence-electron chi connectivity index (χ0n) is 17.1. The number of hydrogen-bond acceptors (Lipinski definition) is 8. The average Bonchev–Trinajstić information content (AvgIpc) is 3.29. The van der Waals surface area contributed by atoms with Crippen LogP contribution in [0.15, 0.2) is 30.5 Å².